The molecular formula is C20H18F2N4O. The van der Waals surface area contributed by atoms with E-state index < -0.39 is 17.5 Å². The maximum absolute atomic E-state index is 13.6. The summed E-state index contributed by atoms with van der Waals surface area (Å²) in [5, 5.41) is 5.43. The van der Waals surface area contributed by atoms with E-state index in [2.05, 4.69) is 34.4 Å². The Bertz CT molecular complexity index is 941. The van der Waals surface area contributed by atoms with E-state index in [1.807, 2.05) is 24.3 Å². The van der Waals surface area contributed by atoms with Crippen LogP contribution in [0.3, 0.4) is 0 Å². The van der Waals surface area contributed by atoms with Crippen molar-refractivity contribution in [3.63, 3.8) is 0 Å². The third-order valence-corrected chi connectivity index (χ3v) is 3.91. The number of nitrogens with zero attached hydrogens (tertiary/aromatic N) is 2. The van der Waals surface area contributed by atoms with Gasteiger partial charge in [0.15, 0.2) is 0 Å². The lowest BCUT2D eigenvalue weighted by Crippen LogP contribution is -2.15. The Labute approximate surface area is 155 Å². The molecule has 0 spiro atoms. The molecule has 3 rings (SSSR count). The van der Waals surface area contributed by atoms with Gasteiger partial charge in [0.2, 0.25) is 0 Å². The molecule has 2 N–H and O–H groups in total. The molecule has 1 amide bonds. The molecule has 0 aliphatic rings. The molecule has 7 heteroatoms. The van der Waals surface area contributed by atoms with Crippen molar-refractivity contribution in [2.45, 2.75) is 19.8 Å². The summed E-state index contributed by atoms with van der Waals surface area (Å²) in [6.07, 6.45) is 2.69. The van der Waals surface area contributed by atoms with Crippen LogP contribution in [0.4, 0.5) is 26.0 Å². The summed E-state index contributed by atoms with van der Waals surface area (Å²) in [6.45, 7) is 4.24. The monoisotopic (exact) mass is 368 g/mol. The number of halogens is 2. The highest BCUT2D eigenvalue weighted by Gasteiger charge is 2.12. The fraction of sp³-hybridized carbons (Fsp3) is 0.150. The fourth-order valence-electron chi connectivity index (χ4n) is 2.39. The van der Waals surface area contributed by atoms with Crippen molar-refractivity contribution in [3.8, 4) is 0 Å². The first-order chi connectivity index (χ1) is 12.9. The van der Waals surface area contributed by atoms with E-state index in [-0.39, 0.29) is 11.4 Å². The van der Waals surface area contributed by atoms with Gasteiger partial charge in [0.1, 0.15) is 23.1 Å². The zero-order chi connectivity index (χ0) is 19.4. The highest BCUT2D eigenvalue weighted by atomic mass is 19.1. The predicted octanol–water partition coefficient (Wildman–Crippen LogP) is 4.87. The van der Waals surface area contributed by atoms with E-state index in [1.54, 1.807) is 0 Å². The molecule has 27 heavy (non-hydrogen) atoms. The van der Waals surface area contributed by atoms with Crippen molar-refractivity contribution in [2.75, 3.05) is 10.6 Å². The standard InChI is InChI=1S/C20H18F2N4O/c1-12(2)13-3-6-15(7-4-13)25-19-11-23-18(10-24-19)20(27)26-17-8-5-14(21)9-16(17)22/h3-12H,1-2H3,(H,24,25)(H,26,27). The van der Waals surface area contributed by atoms with Gasteiger partial charge in [-0.15, -0.1) is 0 Å². The van der Waals surface area contributed by atoms with Gasteiger partial charge < -0.3 is 10.6 Å². The van der Waals surface area contributed by atoms with E-state index >= 15 is 0 Å². The topological polar surface area (TPSA) is 66.9 Å². The average molecular weight is 368 g/mol. The smallest absolute Gasteiger partial charge is 0.275 e. The molecule has 2 aromatic carbocycles. The van der Waals surface area contributed by atoms with Crippen LogP contribution < -0.4 is 10.6 Å². The van der Waals surface area contributed by atoms with Gasteiger partial charge in [0, 0.05) is 11.8 Å². The van der Waals surface area contributed by atoms with Gasteiger partial charge >= 0.3 is 0 Å². The van der Waals surface area contributed by atoms with E-state index in [4.69, 9.17) is 0 Å². The molecule has 3 aromatic rings. The SMILES string of the molecule is CC(C)c1ccc(Nc2cnc(C(=O)Nc3ccc(F)cc3F)cn2)cc1. The van der Waals surface area contributed by atoms with Gasteiger partial charge in [-0.25, -0.2) is 18.7 Å². The Balaban J connectivity index is 1.66. The van der Waals surface area contributed by atoms with E-state index in [1.165, 1.54) is 18.0 Å². The summed E-state index contributed by atoms with van der Waals surface area (Å²) in [5.74, 6) is -1.30. The summed E-state index contributed by atoms with van der Waals surface area (Å²) in [5.41, 5.74) is 1.96. The van der Waals surface area contributed by atoms with E-state index in [0.717, 1.165) is 17.8 Å². The minimum absolute atomic E-state index is 0.0134. The number of hydrogen-bond acceptors (Lipinski definition) is 4. The first-order valence-corrected chi connectivity index (χ1v) is 8.38. The highest BCUT2D eigenvalue weighted by Crippen LogP contribution is 2.20. The van der Waals surface area contributed by atoms with Gasteiger partial charge in [0.25, 0.3) is 5.91 Å². The van der Waals surface area contributed by atoms with Crippen LogP contribution in [0.2, 0.25) is 0 Å². The lowest BCUT2D eigenvalue weighted by atomic mass is 10.0. The molecule has 0 radical (unpaired) electrons. The molecule has 0 unspecified atom stereocenters. The van der Waals surface area contributed by atoms with Gasteiger partial charge in [-0.05, 0) is 35.7 Å². The van der Waals surface area contributed by atoms with Crippen LogP contribution in [0.15, 0.2) is 54.9 Å². The number of hydrogen-bond donors (Lipinski definition) is 2. The van der Waals surface area contributed by atoms with Crippen molar-refractivity contribution in [3.05, 3.63) is 77.8 Å². The molecular weight excluding hydrogens is 350 g/mol. The van der Waals surface area contributed by atoms with Crippen LogP contribution in [0.1, 0.15) is 35.8 Å². The van der Waals surface area contributed by atoms with Crippen molar-refractivity contribution in [1.82, 2.24) is 9.97 Å². The second kappa shape index (κ2) is 7.90. The van der Waals surface area contributed by atoms with Crippen molar-refractivity contribution < 1.29 is 13.6 Å². The van der Waals surface area contributed by atoms with E-state index in [0.29, 0.717) is 17.8 Å². The zero-order valence-electron chi connectivity index (χ0n) is 14.8. The number of carbonyl (C=O) groups is 1. The van der Waals surface area contributed by atoms with E-state index in [9.17, 15) is 13.6 Å². The summed E-state index contributed by atoms with van der Waals surface area (Å²) in [6, 6.07) is 10.8. The summed E-state index contributed by atoms with van der Waals surface area (Å²) in [4.78, 5) is 20.3. The summed E-state index contributed by atoms with van der Waals surface area (Å²) >= 11 is 0. The number of amides is 1. The van der Waals surface area contributed by atoms with Crippen molar-refractivity contribution in [2.24, 2.45) is 0 Å². The third kappa shape index (κ3) is 4.63. The lowest BCUT2D eigenvalue weighted by Gasteiger charge is -2.09. The molecule has 1 heterocycles. The molecule has 0 saturated heterocycles. The molecule has 0 saturated carbocycles. The molecule has 5 nitrogen and oxygen atoms in total. The zero-order valence-corrected chi connectivity index (χ0v) is 14.8. The van der Waals surface area contributed by atoms with Crippen LogP contribution in [0.5, 0.6) is 0 Å². The first-order valence-electron chi connectivity index (χ1n) is 8.38. The largest absolute Gasteiger partial charge is 0.339 e. The van der Waals surface area contributed by atoms with Crippen molar-refractivity contribution >= 4 is 23.1 Å². The van der Waals surface area contributed by atoms with Crippen LogP contribution in [-0.4, -0.2) is 15.9 Å². The number of rotatable bonds is 5. The third-order valence-electron chi connectivity index (χ3n) is 3.91. The molecule has 1 aromatic heterocycles. The second-order valence-electron chi connectivity index (χ2n) is 6.27. The number of benzene rings is 2. The number of carbonyl (C=O) groups excluding carboxylic acids is 1. The number of anilines is 3. The second-order valence-corrected chi connectivity index (χ2v) is 6.27. The molecule has 138 valence electrons. The number of nitrogens with one attached hydrogen (secondary N) is 2. The predicted molar refractivity (Wildman–Crippen MR) is 100 cm³/mol. The highest BCUT2D eigenvalue weighted by molar-refractivity contribution is 6.02. The van der Waals surface area contributed by atoms with Crippen LogP contribution in [0.25, 0.3) is 0 Å². The fourth-order valence-corrected chi connectivity index (χ4v) is 2.39. The Morgan fingerprint density at radius 3 is 2.33 bits per heavy atom. The number of aromatic nitrogens is 2. The first kappa shape index (κ1) is 18.4. The van der Waals surface area contributed by atoms with Crippen molar-refractivity contribution in [1.29, 1.82) is 0 Å². The Kier molecular flexibility index (Phi) is 5.40. The average Bonchev–Trinajstić information content (AvgIpc) is 2.65. The Morgan fingerprint density at radius 2 is 1.74 bits per heavy atom. The quantitative estimate of drug-likeness (QED) is 0.674. The van der Waals surface area contributed by atoms with Crippen LogP contribution >= 0.6 is 0 Å². The van der Waals surface area contributed by atoms with Gasteiger partial charge in [-0.3, -0.25) is 4.79 Å². The maximum Gasteiger partial charge on any atom is 0.275 e. The van der Waals surface area contributed by atoms with Gasteiger partial charge in [-0.2, -0.15) is 0 Å². The minimum Gasteiger partial charge on any atom is -0.339 e. The molecule has 0 fully saturated rings. The van der Waals surface area contributed by atoms with Crippen LogP contribution in [0, 0.1) is 11.6 Å². The Hall–Kier alpha value is -3.35. The van der Waals surface area contributed by atoms with Gasteiger partial charge in [-0.1, -0.05) is 26.0 Å². The molecule has 0 atom stereocenters. The molecule has 0 bridgehead atoms. The Morgan fingerprint density at radius 1 is 1.00 bits per heavy atom. The lowest BCUT2D eigenvalue weighted by molar-refractivity contribution is 0.102. The molecule has 0 aliphatic carbocycles. The maximum atomic E-state index is 13.6. The minimum atomic E-state index is -0.862. The summed E-state index contributed by atoms with van der Waals surface area (Å²) < 4.78 is 26.5. The molecule has 0 aliphatic heterocycles. The van der Waals surface area contributed by atoms with Crippen LogP contribution in [-0.2, 0) is 0 Å². The normalized spacial score (nSPS) is 10.7. The summed E-state index contributed by atoms with van der Waals surface area (Å²) in [7, 11) is 0. The van der Waals surface area contributed by atoms with Gasteiger partial charge in [0.05, 0.1) is 18.1 Å².